The lowest BCUT2D eigenvalue weighted by molar-refractivity contribution is 0.0919. The van der Waals surface area contributed by atoms with Crippen LogP contribution in [0.1, 0.15) is 32.2 Å². The smallest absolute Gasteiger partial charge is 0.185 e. The lowest BCUT2D eigenvalue weighted by Crippen LogP contribution is -2.26. The largest absolute Gasteiger partial charge is 0.491 e. The second kappa shape index (κ2) is 9.60. The highest BCUT2D eigenvalue weighted by molar-refractivity contribution is 7.90. The molecule has 4 aromatic rings. The van der Waals surface area contributed by atoms with Gasteiger partial charge >= 0.3 is 0 Å². The third kappa shape index (κ3) is 5.32. The van der Waals surface area contributed by atoms with Gasteiger partial charge in [0.2, 0.25) is 0 Å². The monoisotopic (exact) mass is 478 g/mol. The topological polar surface area (TPSA) is 81.4 Å². The molecule has 0 aliphatic heterocycles. The average Bonchev–Trinajstić information content (AvgIpc) is 3.14. The molecule has 3 aromatic carbocycles. The summed E-state index contributed by atoms with van der Waals surface area (Å²) in [5.41, 5.74) is 2.42. The van der Waals surface area contributed by atoms with Crippen LogP contribution in [0.2, 0.25) is 0 Å². The molecule has 0 bridgehead atoms. The first-order chi connectivity index (χ1) is 16.1. The molecule has 0 fully saturated rings. The molecular weight excluding hydrogens is 448 g/mol. The average molecular weight is 479 g/mol. The summed E-state index contributed by atoms with van der Waals surface area (Å²) in [5.74, 6) is 0.863. The van der Waals surface area contributed by atoms with Gasteiger partial charge in [-0.15, -0.1) is 0 Å². The molecule has 0 spiro atoms. The molecule has 178 valence electrons. The Morgan fingerprint density at radius 1 is 0.941 bits per heavy atom. The van der Waals surface area contributed by atoms with E-state index in [2.05, 4.69) is 25.8 Å². The summed E-state index contributed by atoms with van der Waals surface area (Å²) in [6, 6.07) is 23.6. The zero-order valence-electron chi connectivity index (χ0n) is 19.7. The van der Waals surface area contributed by atoms with Crippen molar-refractivity contribution in [3.05, 3.63) is 90.3 Å². The number of imidazole rings is 1. The first-order valence-corrected chi connectivity index (χ1v) is 12.9. The number of hydrogen-bond acceptors (Lipinski definition) is 5. The maximum Gasteiger partial charge on any atom is 0.185 e. The fourth-order valence-electron chi connectivity index (χ4n) is 3.98. The summed E-state index contributed by atoms with van der Waals surface area (Å²) >= 11 is 0. The molecule has 0 radical (unpaired) electrons. The van der Waals surface area contributed by atoms with Gasteiger partial charge in [0.25, 0.3) is 0 Å². The highest BCUT2D eigenvalue weighted by Crippen LogP contribution is 2.31. The van der Waals surface area contributed by atoms with Crippen molar-refractivity contribution in [3.8, 4) is 5.75 Å². The Morgan fingerprint density at radius 2 is 1.59 bits per heavy atom. The molecule has 0 saturated carbocycles. The van der Waals surface area contributed by atoms with E-state index in [-0.39, 0.29) is 29.2 Å². The van der Waals surface area contributed by atoms with E-state index in [1.165, 1.54) is 0 Å². The fraction of sp³-hybridized carbons (Fsp3) is 0.296. The van der Waals surface area contributed by atoms with E-state index < -0.39 is 15.9 Å². The highest BCUT2D eigenvalue weighted by atomic mass is 32.2. The van der Waals surface area contributed by atoms with Crippen molar-refractivity contribution < 1.29 is 18.3 Å². The number of aliphatic hydroxyl groups is 1. The summed E-state index contributed by atoms with van der Waals surface area (Å²) in [7, 11) is -3.59. The quantitative estimate of drug-likeness (QED) is 0.395. The molecule has 7 heteroatoms. The standard InChI is InChI=1S/C27H30N2O4S/c1-27(2,3)22-13-7-10-16-25(22)33-18-20(30)17-29-24-15-9-8-14-23(24)28-26(29)19-34(31,32)21-11-5-4-6-12-21/h4-16,20,30H,17-19H2,1-3H3. The Labute approximate surface area is 200 Å². The molecule has 1 unspecified atom stereocenters. The van der Waals surface area contributed by atoms with Gasteiger partial charge in [-0.25, -0.2) is 13.4 Å². The highest BCUT2D eigenvalue weighted by Gasteiger charge is 2.23. The Kier molecular flexibility index (Phi) is 6.77. The van der Waals surface area contributed by atoms with Gasteiger partial charge in [-0.1, -0.05) is 69.3 Å². The van der Waals surface area contributed by atoms with Crippen molar-refractivity contribution in [1.29, 1.82) is 0 Å². The van der Waals surface area contributed by atoms with Crippen molar-refractivity contribution >= 4 is 20.9 Å². The van der Waals surface area contributed by atoms with Gasteiger partial charge in [0.1, 0.15) is 30.0 Å². The molecule has 0 amide bonds. The molecule has 4 rings (SSSR count). The van der Waals surface area contributed by atoms with Crippen LogP contribution in [0.25, 0.3) is 11.0 Å². The van der Waals surface area contributed by atoms with Crippen molar-refractivity contribution in [1.82, 2.24) is 9.55 Å². The number of sulfone groups is 1. The Bertz CT molecular complexity index is 1370. The zero-order chi connectivity index (χ0) is 24.3. The minimum absolute atomic E-state index is 0.0739. The number of benzene rings is 3. The number of hydrogen-bond donors (Lipinski definition) is 1. The summed E-state index contributed by atoms with van der Waals surface area (Å²) in [6.45, 7) is 6.58. The number of nitrogens with zero attached hydrogens (tertiary/aromatic N) is 2. The molecule has 1 N–H and O–H groups in total. The second-order valence-corrected chi connectivity index (χ2v) is 11.4. The van der Waals surface area contributed by atoms with Crippen LogP contribution in [0.5, 0.6) is 5.75 Å². The van der Waals surface area contributed by atoms with Crippen molar-refractivity contribution in [2.45, 2.75) is 49.5 Å². The molecule has 1 atom stereocenters. The molecule has 0 aliphatic carbocycles. The predicted octanol–water partition coefficient (Wildman–Crippen LogP) is 4.75. The Morgan fingerprint density at radius 3 is 2.32 bits per heavy atom. The molecule has 1 heterocycles. The van der Waals surface area contributed by atoms with Crippen LogP contribution >= 0.6 is 0 Å². The van der Waals surface area contributed by atoms with Gasteiger partial charge < -0.3 is 14.4 Å². The molecule has 34 heavy (non-hydrogen) atoms. The lowest BCUT2D eigenvalue weighted by Gasteiger charge is -2.23. The first-order valence-electron chi connectivity index (χ1n) is 11.3. The third-order valence-electron chi connectivity index (χ3n) is 5.67. The Hall–Kier alpha value is -3.16. The SMILES string of the molecule is CC(C)(C)c1ccccc1OCC(O)Cn1c(CS(=O)(=O)c2ccccc2)nc2ccccc21. The summed E-state index contributed by atoms with van der Waals surface area (Å²) in [5, 5.41) is 10.9. The van der Waals surface area contributed by atoms with E-state index in [1.807, 2.05) is 48.5 Å². The van der Waals surface area contributed by atoms with Gasteiger partial charge in [0.05, 0.1) is 22.5 Å². The number of aromatic nitrogens is 2. The number of fused-ring (bicyclic) bond motifs is 1. The number of ether oxygens (including phenoxy) is 1. The first kappa shape index (κ1) is 24.0. The normalized spacial score (nSPS) is 13.2. The van der Waals surface area contributed by atoms with Gasteiger partial charge in [-0.05, 0) is 41.3 Å². The molecule has 0 saturated heterocycles. The van der Waals surface area contributed by atoms with Gasteiger partial charge in [-0.3, -0.25) is 0 Å². The van der Waals surface area contributed by atoms with E-state index in [4.69, 9.17) is 4.74 Å². The molecular formula is C27H30N2O4S. The molecule has 6 nitrogen and oxygen atoms in total. The van der Waals surface area contributed by atoms with Crippen LogP contribution in [0, 0.1) is 0 Å². The van der Waals surface area contributed by atoms with Crippen molar-refractivity contribution in [2.24, 2.45) is 0 Å². The zero-order valence-corrected chi connectivity index (χ0v) is 20.5. The molecule has 0 aliphatic rings. The number of para-hydroxylation sites is 3. The summed E-state index contributed by atoms with van der Waals surface area (Å²) in [6.07, 6.45) is -0.858. The number of aliphatic hydroxyl groups excluding tert-OH is 1. The van der Waals surface area contributed by atoms with E-state index in [1.54, 1.807) is 34.9 Å². The van der Waals surface area contributed by atoms with Crippen LogP contribution in [-0.2, 0) is 27.5 Å². The van der Waals surface area contributed by atoms with Crippen LogP contribution in [-0.4, -0.2) is 35.8 Å². The van der Waals surface area contributed by atoms with Crippen molar-refractivity contribution in [2.75, 3.05) is 6.61 Å². The van der Waals surface area contributed by atoms with Crippen LogP contribution in [0.4, 0.5) is 0 Å². The third-order valence-corrected chi connectivity index (χ3v) is 7.30. The van der Waals surface area contributed by atoms with E-state index in [9.17, 15) is 13.5 Å². The number of rotatable bonds is 8. The van der Waals surface area contributed by atoms with Crippen LogP contribution < -0.4 is 4.74 Å². The summed E-state index contributed by atoms with van der Waals surface area (Å²) in [4.78, 5) is 4.82. The van der Waals surface area contributed by atoms with E-state index in [0.29, 0.717) is 11.3 Å². The van der Waals surface area contributed by atoms with Crippen LogP contribution in [0.3, 0.4) is 0 Å². The predicted molar refractivity (Wildman–Crippen MR) is 134 cm³/mol. The maximum atomic E-state index is 13.0. The minimum atomic E-state index is -3.59. The van der Waals surface area contributed by atoms with Gasteiger partial charge in [0, 0.05) is 0 Å². The molecule has 1 aromatic heterocycles. The maximum absolute atomic E-state index is 13.0. The lowest BCUT2D eigenvalue weighted by atomic mass is 9.86. The van der Waals surface area contributed by atoms with E-state index >= 15 is 0 Å². The summed E-state index contributed by atoms with van der Waals surface area (Å²) < 4.78 is 33.8. The second-order valence-electron chi connectivity index (χ2n) is 9.41. The van der Waals surface area contributed by atoms with Crippen LogP contribution in [0.15, 0.2) is 83.8 Å². The van der Waals surface area contributed by atoms with E-state index in [0.717, 1.165) is 16.8 Å². The fourth-order valence-corrected chi connectivity index (χ4v) is 5.28. The minimum Gasteiger partial charge on any atom is -0.491 e. The van der Waals surface area contributed by atoms with Gasteiger partial charge in [-0.2, -0.15) is 0 Å². The Balaban J connectivity index is 1.57. The van der Waals surface area contributed by atoms with Gasteiger partial charge in [0.15, 0.2) is 9.84 Å². The van der Waals surface area contributed by atoms with Crippen molar-refractivity contribution in [3.63, 3.8) is 0 Å².